The summed E-state index contributed by atoms with van der Waals surface area (Å²) < 4.78 is 54.7. The summed E-state index contributed by atoms with van der Waals surface area (Å²) in [4.78, 5) is 33.4. The van der Waals surface area contributed by atoms with E-state index in [9.17, 15) is 28.0 Å². The third kappa shape index (κ3) is 7.92. The first-order chi connectivity index (χ1) is 22.8. The third-order valence-corrected chi connectivity index (χ3v) is 9.51. The average molecular weight is 691 g/mol. The molecule has 1 amide bonds. The fourth-order valence-electron chi connectivity index (χ4n) is 5.26. The molecule has 0 bridgehead atoms. The van der Waals surface area contributed by atoms with Crippen LogP contribution in [0.2, 0.25) is 0 Å². The molecule has 4 aromatic rings. The van der Waals surface area contributed by atoms with E-state index >= 15 is 0 Å². The molecule has 0 radical (unpaired) electrons. The van der Waals surface area contributed by atoms with E-state index in [1.165, 1.54) is 15.6 Å². The summed E-state index contributed by atoms with van der Waals surface area (Å²) in [6.07, 6.45) is -1.79. The van der Waals surface area contributed by atoms with Crippen molar-refractivity contribution in [1.29, 1.82) is 0 Å². The van der Waals surface area contributed by atoms with Crippen molar-refractivity contribution in [2.24, 2.45) is 0 Å². The molecule has 0 fully saturated rings. The molecule has 2 aromatic heterocycles. The van der Waals surface area contributed by atoms with E-state index in [1.54, 1.807) is 63.6 Å². The van der Waals surface area contributed by atoms with Crippen molar-refractivity contribution >= 4 is 37.0 Å². The molecule has 5 rings (SSSR count). The number of nitrogens with one attached hydrogen (secondary N) is 2. The summed E-state index contributed by atoms with van der Waals surface area (Å²) in [5.41, 5.74) is 2.26. The van der Waals surface area contributed by atoms with E-state index in [-0.39, 0.29) is 55.6 Å². The van der Waals surface area contributed by atoms with Gasteiger partial charge in [0.05, 0.1) is 49.9 Å². The highest BCUT2D eigenvalue weighted by molar-refractivity contribution is 7.59. The van der Waals surface area contributed by atoms with Crippen LogP contribution < -0.4 is 10.6 Å². The molecule has 48 heavy (non-hydrogen) atoms. The van der Waals surface area contributed by atoms with E-state index < -0.39 is 38.2 Å². The molecule has 0 aliphatic carbocycles. The molecule has 13 nitrogen and oxygen atoms in total. The molecule has 0 spiro atoms. The first kappa shape index (κ1) is 35.1. The maximum atomic E-state index is 14.1. The van der Waals surface area contributed by atoms with Crippen molar-refractivity contribution in [2.75, 3.05) is 37.5 Å². The van der Waals surface area contributed by atoms with Crippen molar-refractivity contribution in [3.05, 3.63) is 77.2 Å². The van der Waals surface area contributed by atoms with Crippen LogP contribution in [0.25, 0.3) is 11.1 Å². The predicted molar refractivity (Wildman–Crippen MR) is 173 cm³/mol. The number of amides is 1. The van der Waals surface area contributed by atoms with Gasteiger partial charge < -0.3 is 25.7 Å². The fraction of sp³-hybridized carbons (Fsp3) is 0.355. The topological polar surface area (TPSA) is 167 Å². The highest BCUT2D eigenvalue weighted by Gasteiger charge is 2.40. The Hall–Kier alpha value is -4.18. The zero-order valence-electron chi connectivity index (χ0n) is 26.4. The maximum Gasteiger partial charge on any atom is 0.421 e. The maximum absolute atomic E-state index is 14.1. The van der Waals surface area contributed by atoms with Crippen molar-refractivity contribution in [3.63, 3.8) is 0 Å². The molecule has 5 N–H and O–H groups in total. The normalized spacial score (nSPS) is 13.9. The lowest BCUT2D eigenvalue weighted by molar-refractivity contribution is -0.137. The second kappa shape index (κ2) is 14.5. The lowest BCUT2D eigenvalue weighted by atomic mass is 9.97. The Labute approximate surface area is 274 Å². The molecular weight excluding hydrogens is 654 g/mol. The molecule has 3 heterocycles. The molecule has 1 aliphatic heterocycles. The van der Waals surface area contributed by atoms with Crippen molar-refractivity contribution in [2.45, 2.75) is 45.4 Å². The Kier molecular flexibility index (Phi) is 10.6. The lowest BCUT2D eigenvalue weighted by Crippen LogP contribution is -2.19. The summed E-state index contributed by atoms with van der Waals surface area (Å²) in [7, 11) is -1.49. The van der Waals surface area contributed by atoms with E-state index in [1.807, 2.05) is 0 Å². The van der Waals surface area contributed by atoms with Crippen LogP contribution in [0, 0.1) is 0 Å². The van der Waals surface area contributed by atoms with E-state index in [0.29, 0.717) is 28.6 Å². The number of aliphatic hydroxyl groups is 2. The fourth-order valence-corrected chi connectivity index (χ4v) is 7.00. The number of alkyl halides is 3. The van der Waals surface area contributed by atoms with Crippen LogP contribution in [0.1, 0.15) is 40.9 Å². The summed E-state index contributed by atoms with van der Waals surface area (Å²) in [6.45, 7) is 3.91. The Morgan fingerprint density at radius 2 is 1.77 bits per heavy atom. The highest BCUT2D eigenvalue weighted by Crippen LogP contribution is 2.59. The van der Waals surface area contributed by atoms with Crippen LogP contribution in [-0.2, 0) is 34.5 Å². The first-order valence-electron chi connectivity index (χ1n) is 15.0. The van der Waals surface area contributed by atoms with E-state index in [0.717, 1.165) is 5.56 Å². The summed E-state index contributed by atoms with van der Waals surface area (Å²) in [6, 6.07) is 9.96. The number of benzene rings is 2. The van der Waals surface area contributed by atoms with Gasteiger partial charge in [0.2, 0.25) is 5.95 Å². The van der Waals surface area contributed by atoms with Gasteiger partial charge in [-0.05, 0) is 48.7 Å². The number of carbonyl (C=O) groups is 1. The van der Waals surface area contributed by atoms with Crippen molar-refractivity contribution in [1.82, 2.24) is 24.6 Å². The summed E-state index contributed by atoms with van der Waals surface area (Å²) >= 11 is 0. The highest BCUT2D eigenvalue weighted by atomic mass is 31.2. The SMILES string of the molecule is CCO[P+](O)(Cc1ccc(Nc2ncc(C(F)(F)F)c(Nc3ccc(-c4cnn(C[C@H](O)CO)c4)c4c3C(=O)N(C)C4)n2)cc1)OCC. The monoisotopic (exact) mass is 690 g/mol. The van der Waals surface area contributed by atoms with Crippen LogP contribution >= 0.6 is 7.94 Å². The molecular formula is C31H36F3N7O6P+. The average Bonchev–Trinajstić information content (AvgIpc) is 3.61. The molecule has 0 saturated carbocycles. The zero-order chi connectivity index (χ0) is 34.6. The Balaban J connectivity index is 1.43. The summed E-state index contributed by atoms with van der Waals surface area (Å²) in [5.74, 6) is -1.07. The largest absolute Gasteiger partial charge is 0.421 e. The molecule has 256 valence electrons. The molecule has 1 aliphatic rings. The summed E-state index contributed by atoms with van der Waals surface area (Å²) in [5, 5.41) is 28.8. The van der Waals surface area contributed by atoms with Gasteiger partial charge in [-0.25, -0.2) is 4.98 Å². The number of aromatic nitrogens is 4. The number of aliphatic hydroxyl groups excluding tert-OH is 2. The molecule has 0 saturated heterocycles. The van der Waals surface area contributed by atoms with Crippen LogP contribution in [0.4, 0.5) is 36.3 Å². The van der Waals surface area contributed by atoms with Gasteiger partial charge in [-0.15, -0.1) is 0 Å². The van der Waals surface area contributed by atoms with Gasteiger partial charge in [-0.3, -0.25) is 9.48 Å². The second-order valence-corrected chi connectivity index (χ2v) is 13.1. The number of fused-ring (bicyclic) bond motifs is 1. The molecule has 2 aromatic carbocycles. The van der Waals surface area contributed by atoms with Gasteiger partial charge in [-0.2, -0.15) is 37.2 Å². The number of hydrogen-bond donors (Lipinski definition) is 5. The minimum atomic E-state index is -4.80. The van der Waals surface area contributed by atoms with Gasteiger partial charge >= 0.3 is 14.1 Å². The van der Waals surface area contributed by atoms with E-state index in [2.05, 4.69) is 25.7 Å². The van der Waals surface area contributed by atoms with Crippen molar-refractivity contribution < 1.29 is 42.1 Å². The van der Waals surface area contributed by atoms with Gasteiger partial charge in [0.15, 0.2) is 6.16 Å². The number of carbonyl (C=O) groups excluding carboxylic acids is 1. The van der Waals surface area contributed by atoms with Gasteiger partial charge in [0, 0.05) is 37.2 Å². The number of anilines is 4. The second-order valence-electron chi connectivity index (χ2n) is 11.0. The minimum Gasteiger partial charge on any atom is -0.394 e. The van der Waals surface area contributed by atoms with Gasteiger partial charge in [0.1, 0.15) is 11.4 Å². The van der Waals surface area contributed by atoms with Crippen molar-refractivity contribution in [3.8, 4) is 11.1 Å². The van der Waals surface area contributed by atoms with Gasteiger partial charge in [-0.1, -0.05) is 18.2 Å². The third-order valence-electron chi connectivity index (χ3n) is 7.42. The number of rotatable bonds is 14. The molecule has 17 heteroatoms. The smallest absolute Gasteiger partial charge is 0.394 e. The Morgan fingerprint density at radius 3 is 2.42 bits per heavy atom. The predicted octanol–water partition coefficient (Wildman–Crippen LogP) is 5.11. The van der Waals surface area contributed by atoms with Crippen LogP contribution in [0.3, 0.4) is 0 Å². The molecule has 1 atom stereocenters. The quantitative estimate of drug-likeness (QED) is 0.112. The standard InChI is InChI=1S/C31H35F3N7O6P/c1-4-46-48(45,47-5-2)18-19-6-8-21(9-7-19)37-30-35-13-25(31(32,33)34)28(39-30)38-26-11-10-23(24-16-40(3)29(44)27(24)26)20-12-36-41(14-20)15-22(43)17-42/h6-14,22,42-43,45H,4-5,15-18H2,1-3H3,(H-,35,37,38,39,44)/p+1/t22-/m0/s1. The van der Waals surface area contributed by atoms with Crippen LogP contribution in [-0.4, -0.2) is 78.6 Å². The Bertz CT molecular complexity index is 1750. The zero-order valence-corrected chi connectivity index (χ0v) is 27.3. The number of nitrogens with zero attached hydrogens (tertiary/aromatic N) is 5. The Morgan fingerprint density at radius 1 is 1.06 bits per heavy atom. The van der Waals surface area contributed by atoms with Crippen LogP contribution in [0.15, 0.2) is 55.0 Å². The number of halogens is 3. The number of hydrogen-bond acceptors (Lipinski definition) is 11. The first-order valence-corrected chi connectivity index (χ1v) is 16.8. The van der Waals surface area contributed by atoms with Gasteiger partial charge in [0.25, 0.3) is 5.91 Å². The van der Waals surface area contributed by atoms with Crippen LogP contribution in [0.5, 0.6) is 0 Å². The molecule has 0 unspecified atom stereocenters. The lowest BCUT2D eigenvalue weighted by Gasteiger charge is -2.17. The minimum absolute atomic E-state index is 0.0536. The van der Waals surface area contributed by atoms with E-state index in [4.69, 9.17) is 14.2 Å².